The van der Waals surface area contributed by atoms with Gasteiger partial charge in [0.05, 0.1) is 36.3 Å². The second-order valence-electron chi connectivity index (χ2n) is 7.64. The topological polar surface area (TPSA) is 81.1 Å². The van der Waals surface area contributed by atoms with Crippen molar-refractivity contribution in [3.63, 3.8) is 0 Å². The van der Waals surface area contributed by atoms with E-state index in [1.807, 2.05) is 29.2 Å². The van der Waals surface area contributed by atoms with Gasteiger partial charge in [0.25, 0.3) is 0 Å². The Balaban J connectivity index is 1.44. The molecule has 0 atom stereocenters. The third kappa shape index (κ3) is 6.11. The number of nitrogens with zero attached hydrogens (tertiary/aromatic N) is 4. The molecule has 8 nitrogen and oxygen atoms in total. The van der Waals surface area contributed by atoms with Crippen LogP contribution < -0.4 is 19.8 Å². The van der Waals surface area contributed by atoms with Crippen molar-refractivity contribution in [2.24, 2.45) is 5.10 Å². The minimum absolute atomic E-state index is 0.207. The molecule has 1 fully saturated rings. The average Bonchev–Trinajstić information content (AvgIpc) is 2.85. The molecule has 1 saturated heterocycles. The highest BCUT2D eigenvalue weighted by Crippen LogP contribution is 2.34. The van der Waals surface area contributed by atoms with Crippen molar-refractivity contribution in [2.45, 2.75) is 13.5 Å². The Morgan fingerprint density at radius 2 is 2.00 bits per heavy atom. The van der Waals surface area contributed by atoms with Gasteiger partial charge in [-0.1, -0.05) is 29.8 Å². The van der Waals surface area contributed by atoms with Gasteiger partial charge in [0.1, 0.15) is 6.61 Å². The number of anilines is 2. The van der Waals surface area contributed by atoms with Gasteiger partial charge in [0.2, 0.25) is 5.95 Å². The first-order valence-electron chi connectivity index (χ1n) is 10.7. The van der Waals surface area contributed by atoms with Crippen LogP contribution in [0.15, 0.2) is 47.7 Å². The Labute approximate surface area is 211 Å². The van der Waals surface area contributed by atoms with Crippen LogP contribution in [0.2, 0.25) is 0 Å². The van der Waals surface area contributed by atoms with Gasteiger partial charge in [0.15, 0.2) is 23.1 Å². The fourth-order valence-electron chi connectivity index (χ4n) is 3.37. The van der Waals surface area contributed by atoms with Gasteiger partial charge in [-0.25, -0.2) is 14.8 Å². The number of nitrogens with one attached hydrogen (secondary N) is 1. The lowest BCUT2D eigenvalue weighted by atomic mass is 10.2. The summed E-state index contributed by atoms with van der Waals surface area (Å²) in [5, 5.41) is 4.21. The number of benzene rings is 2. The molecule has 10 heteroatoms. The standard InChI is InChI=1S/C24H25FIN5O3/c1-16-3-5-17(6-4-16)15-34-22-20(26)11-18(12-21(22)32-2)13-28-30-24-27-14-19(25)23(29-24)31-7-9-33-10-8-31/h3-6,11-14H,7-10,15H2,1-2H3,(H,27,29,30)/b28-13-. The van der Waals surface area contributed by atoms with Crippen molar-refractivity contribution in [1.82, 2.24) is 9.97 Å². The number of ether oxygens (including phenoxy) is 3. The lowest BCUT2D eigenvalue weighted by Crippen LogP contribution is -2.37. The normalized spacial score (nSPS) is 13.8. The summed E-state index contributed by atoms with van der Waals surface area (Å²) in [6.07, 6.45) is 2.76. The van der Waals surface area contributed by atoms with Crippen LogP contribution in [0.3, 0.4) is 0 Å². The van der Waals surface area contributed by atoms with E-state index in [4.69, 9.17) is 14.2 Å². The van der Waals surface area contributed by atoms with Crippen LogP contribution in [-0.2, 0) is 11.3 Å². The summed E-state index contributed by atoms with van der Waals surface area (Å²) in [5.41, 5.74) is 5.85. The maximum absolute atomic E-state index is 14.2. The molecule has 1 aliphatic rings. The Hall–Kier alpha value is -2.99. The summed E-state index contributed by atoms with van der Waals surface area (Å²) in [7, 11) is 1.60. The molecule has 0 aliphatic carbocycles. The van der Waals surface area contributed by atoms with E-state index in [9.17, 15) is 4.39 Å². The van der Waals surface area contributed by atoms with Gasteiger partial charge in [-0.15, -0.1) is 0 Å². The molecule has 4 rings (SSSR count). The third-order valence-electron chi connectivity index (χ3n) is 5.17. The lowest BCUT2D eigenvalue weighted by molar-refractivity contribution is 0.122. The van der Waals surface area contributed by atoms with Gasteiger partial charge in [0, 0.05) is 13.1 Å². The van der Waals surface area contributed by atoms with E-state index in [1.165, 1.54) is 5.56 Å². The number of hydrazone groups is 1. The number of rotatable bonds is 8. The number of hydrogen-bond donors (Lipinski definition) is 1. The van der Waals surface area contributed by atoms with E-state index >= 15 is 0 Å². The van der Waals surface area contributed by atoms with Crippen molar-refractivity contribution in [3.05, 3.63) is 68.7 Å². The number of methoxy groups -OCH3 is 1. The largest absolute Gasteiger partial charge is 0.493 e. The molecule has 0 saturated carbocycles. The summed E-state index contributed by atoms with van der Waals surface area (Å²) >= 11 is 2.21. The first kappa shape index (κ1) is 24.1. The smallest absolute Gasteiger partial charge is 0.245 e. The zero-order chi connectivity index (χ0) is 23.9. The zero-order valence-corrected chi connectivity index (χ0v) is 21.1. The SMILES string of the molecule is COc1cc(/C=N\Nc2ncc(F)c(N3CCOCC3)n2)cc(I)c1OCc1ccc(C)cc1. The fraction of sp³-hybridized carbons (Fsp3) is 0.292. The first-order chi connectivity index (χ1) is 16.5. The average molecular weight is 577 g/mol. The van der Waals surface area contributed by atoms with Crippen molar-refractivity contribution >= 4 is 40.6 Å². The Morgan fingerprint density at radius 1 is 1.24 bits per heavy atom. The fourth-order valence-corrected chi connectivity index (χ4v) is 4.15. The minimum atomic E-state index is -0.475. The number of morpholine rings is 1. The van der Waals surface area contributed by atoms with Gasteiger partial charge in [-0.05, 0) is 52.8 Å². The van der Waals surface area contributed by atoms with Gasteiger partial charge < -0.3 is 19.1 Å². The highest BCUT2D eigenvalue weighted by atomic mass is 127. The zero-order valence-electron chi connectivity index (χ0n) is 18.9. The van der Waals surface area contributed by atoms with Crippen LogP contribution in [0.4, 0.5) is 16.2 Å². The molecular weight excluding hydrogens is 552 g/mol. The van der Waals surface area contributed by atoms with Crippen LogP contribution in [0.5, 0.6) is 11.5 Å². The van der Waals surface area contributed by atoms with Crippen LogP contribution in [-0.4, -0.2) is 49.6 Å². The molecule has 34 heavy (non-hydrogen) atoms. The van der Waals surface area contributed by atoms with E-state index in [-0.39, 0.29) is 11.8 Å². The summed E-state index contributed by atoms with van der Waals surface area (Å²) in [6, 6.07) is 12.0. The van der Waals surface area contributed by atoms with Crippen LogP contribution >= 0.6 is 22.6 Å². The van der Waals surface area contributed by atoms with Crippen molar-refractivity contribution in [2.75, 3.05) is 43.7 Å². The summed E-state index contributed by atoms with van der Waals surface area (Å²) in [4.78, 5) is 10.1. The highest BCUT2D eigenvalue weighted by Gasteiger charge is 2.18. The Morgan fingerprint density at radius 3 is 2.74 bits per heavy atom. The maximum atomic E-state index is 14.2. The van der Waals surface area contributed by atoms with E-state index < -0.39 is 5.82 Å². The molecule has 3 aromatic rings. The predicted molar refractivity (Wildman–Crippen MR) is 137 cm³/mol. The molecule has 0 amide bonds. The van der Waals surface area contributed by atoms with Crippen molar-refractivity contribution < 1.29 is 18.6 Å². The summed E-state index contributed by atoms with van der Waals surface area (Å²) < 4.78 is 32.0. The van der Waals surface area contributed by atoms with E-state index in [0.29, 0.717) is 44.4 Å². The molecule has 0 bridgehead atoms. The van der Waals surface area contributed by atoms with Crippen molar-refractivity contribution in [1.29, 1.82) is 0 Å². The number of aromatic nitrogens is 2. The third-order valence-corrected chi connectivity index (χ3v) is 5.97. The number of halogens is 2. The molecule has 2 aromatic carbocycles. The Kier molecular flexibility index (Phi) is 8.12. The summed E-state index contributed by atoms with van der Waals surface area (Å²) in [6.45, 7) is 4.72. The van der Waals surface area contributed by atoms with Gasteiger partial charge >= 0.3 is 0 Å². The molecule has 2 heterocycles. The minimum Gasteiger partial charge on any atom is -0.493 e. The number of aryl methyl sites for hydroxylation is 1. The van der Waals surface area contributed by atoms with E-state index in [2.05, 4.69) is 62.1 Å². The van der Waals surface area contributed by atoms with Crippen LogP contribution in [0.1, 0.15) is 16.7 Å². The van der Waals surface area contributed by atoms with Gasteiger partial charge in [-0.3, -0.25) is 0 Å². The molecule has 0 spiro atoms. The quantitative estimate of drug-likeness (QED) is 0.242. The van der Waals surface area contributed by atoms with Crippen LogP contribution in [0.25, 0.3) is 0 Å². The van der Waals surface area contributed by atoms with Crippen molar-refractivity contribution in [3.8, 4) is 11.5 Å². The lowest BCUT2D eigenvalue weighted by Gasteiger charge is -2.27. The molecular formula is C24H25FIN5O3. The van der Waals surface area contributed by atoms with Gasteiger partial charge in [-0.2, -0.15) is 10.1 Å². The summed E-state index contributed by atoms with van der Waals surface area (Å²) in [5.74, 6) is 1.25. The highest BCUT2D eigenvalue weighted by molar-refractivity contribution is 14.1. The molecule has 1 aromatic heterocycles. The molecule has 1 aliphatic heterocycles. The van der Waals surface area contributed by atoms with E-state index in [0.717, 1.165) is 20.9 Å². The molecule has 1 N–H and O–H groups in total. The molecule has 178 valence electrons. The second-order valence-corrected chi connectivity index (χ2v) is 8.81. The number of hydrogen-bond acceptors (Lipinski definition) is 8. The van der Waals surface area contributed by atoms with E-state index in [1.54, 1.807) is 13.3 Å². The predicted octanol–water partition coefficient (Wildman–Crippen LogP) is 4.40. The first-order valence-corrected chi connectivity index (χ1v) is 11.8. The maximum Gasteiger partial charge on any atom is 0.245 e. The molecule has 0 unspecified atom stereocenters. The Bertz CT molecular complexity index is 1150. The monoisotopic (exact) mass is 577 g/mol. The second kappa shape index (κ2) is 11.4. The molecule has 0 radical (unpaired) electrons. The van der Waals surface area contributed by atoms with Crippen LogP contribution in [0, 0.1) is 16.3 Å².